The molecule has 1 N–H and O–H groups in total. The Hall–Kier alpha value is -4.89. The molecule has 0 aliphatic heterocycles. The van der Waals surface area contributed by atoms with Gasteiger partial charge in [0.25, 0.3) is 0 Å². The van der Waals surface area contributed by atoms with Crippen LogP contribution in [0, 0.1) is 5.82 Å². The van der Waals surface area contributed by atoms with Gasteiger partial charge in [-0.1, -0.05) is 84.9 Å². The van der Waals surface area contributed by atoms with E-state index >= 15 is 0 Å². The highest BCUT2D eigenvalue weighted by Crippen LogP contribution is 2.38. The predicted molar refractivity (Wildman–Crippen MR) is 152 cm³/mol. The van der Waals surface area contributed by atoms with Crippen LogP contribution >= 0.6 is 0 Å². The maximum atomic E-state index is 14.0. The van der Waals surface area contributed by atoms with Crippen molar-refractivity contribution in [1.29, 1.82) is 0 Å². The van der Waals surface area contributed by atoms with Gasteiger partial charge < -0.3 is 9.73 Å². The molecule has 0 radical (unpaired) electrons. The van der Waals surface area contributed by atoms with Crippen LogP contribution < -0.4 is 5.32 Å². The molecule has 1 heterocycles. The van der Waals surface area contributed by atoms with Crippen molar-refractivity contribution >= 4 is 44.1 Å². The van der Waals surface area contributed by atoms with Crippen LogP contribution in [0.3, 0.4) is 0 Å². The molecule has 0 spiro atoms. The largest absolute Gasteiger partial charge is 0.456 e. The molecular weight excluding hydrogens is 457 g/mol. The first-order valence-electron chi connectivity index (χ1n) is 12.3. The van der Waals surface area contributed by atoms with Crippen molar-refractivity contribution in [2.24, 2.45) is 0 Å². The summed E-state index contributed by atoms with van der Waals surface area (Å²) in [5, 5.41) is 8.00. The van der Waals surface area contributed by atoms with Crippen LogP contribution in [0.15, 0.2) is 132 Å². The molecule has 2 nitrogen and oxygen atoms in total. The number of anilines is 2. The first-order chi connectivity index (χ1) is 18.2. The highest BCUT2D eigenvalue weighted by molar-refractivity contribution is 6.12. The van der Waals surface area contributed by atoms with Gasteiger partial charge in [0.2, 0.25) is 0 Å². The van der Waals surface area contributed by atoms with E-state index in [4.69, 9.17) is 4.42 Å². The summed E-state index contributed by atoms with van der Waals surface area (Å²) in [7, 11) is 0. The lowest BCUT2D eigenvalue weighted by Crippen LogP contribution is -1.91. The zero-order valence-electron chi connectivity index (χ0n) is 19.9. The van der Waals surface area contributed by atoms with E-state index in [1.165, 1.54) is 6.07 Å². The lowest BCUT2D eigenvalue weighted by atomic mass is 9.91. The molecule has 1 aromatic heterocycles. The Morgan fingerprint density at radius 2 is 1.24 bits per heavy atom. The van der Waals surface area contributed by atoms with Crippen molar-refractivity contribution in [2.75, 3.05) is 5.32 Å². The normalized spacial score (nSPS) is 11.4. The molecule has 0 saturated carbocycles. The fourth-order valence-corrected chi connectivity index (χ4v) is 5.25. The molecule has 176 valence electrons. The number of fused-ring (bicyclic) bond motifs is 4. The van der Waals surface area contributed by atoms with Crippen LogP contribution in [0.4, 0.5) is 15.8 Å². The molecule has 0 aliphatic rings. The Labute approximate surface area is 213 Å². The minimum Gasteiger partial charge on any atom is -0.456 e. The topological polar surface area (TPSA) is 25.2 Å². The maximum Gasteiger partial charge on any atom is 0.137 e. The van der Waals surface area contributed by atoms with Crippen molar-refractivity contribution in [3.05, 3.63) is 133 Å². The zero-order valence-corrected chi connectivity index (χ0v) is 19.9. The van der Waals surface area contributed by atoms with Crippen LogP contribution in [0.5, 0.6) is 0 Å². The monoisotopic (exact) mass is 479 g/mol. The Balaban J connectivity index is 1.30. The minimum absolute atomic E-state index is 0.233. The molecule has 0 bridgehead atoms. The molecule has 0 atom stereocenters. The van der Waals surface area contributed by atoms with Gasteiger partial charge in [-0.15, -0.1) is 0 Å². The predicted octanol–water partition coefficient (Wildman–Crippen LogP) is 9.96. The third-order valence-electron chi connectivity index (χ3n) is 6.92. The molecule has 0 amide bonds. The summed E-state index contributed by atoms with van der Waals surface area (Å²) in [6.07, 6.45) is 0. The summed E-state index contributed by atoms with van der Waals surface area (Å²) in [5.74, 6) is -0.233. The highest BCUT2D eigenvalue weighted by Gasteiger charge is 2.13. The summed E-state index contributed by atoms with van der Waals surface area (Å²) in [6, 6.07) is 41.9. The summed E-state index contributed by atoms with van der Waals surface area (Å²) in [4.78, 5) is 0. The number of furan rings is 1. The third-order valence-corrected chi connectivity index (χ3v) is 6.92. The molecule has 3 heteroatoms. The molecule has 7 aromatic rings. The van der Waals surface area contributed by atoms with Crippen LogP contribution in [0.2, 0.25) is 0 Å². The quantitative estimate of drug-likeness (QED) is 0.272. The van der Waals surface area contributed by atoms with Crippen LogP contribution in [-0.2, 0) is 0 Å². The Morgan fingerprint density at radius 3 is 2.05 bits per heavy atom. The lowest BCUT2D eigenvalue weighted by molar-refractivity contribution is 0.628. The SMILES string of the molecule is Fc1cccc(-c2cccc3cccc(-c4ccc(Nc5cccc6oc7ccccc7c56)cc4)c23)c1. The van der Waals surface area contributed by atoms with E-state index < -0.39 is 0 Å². The van der Waals surface area contributed by atoms with Gasteiger partial charge in [-0.2, -0.15) is 0 Å². The zero-order chi connectivity index (χ0) is 24.8. The Kier molecular flexibility index (Phi) is 5.00. The summed E-state index contributed by atoms with van der Waals surface area (Å²) in [6.45, 7) is 0. The number of benzene rings is 6. The van der Waals surface area contributed by atoms with Crippen molar-refractivity contribution in [2.45, 2.75) is 0 Å². The van der Waals surface area contributed by atoms with Crippen molar-refractivity contribution in [3.63, 3.8) is 0 Å². The summed E-state index contributed by atoms with van der Waals surface area (Å²) < 4.78 is 20.1. The van der Waals surface area contributed by atoms with Gasteiger partial charge in [0, 0.05) is 11.1 Å². The van der Waals surface area contributed by atoms with E-state index in [2.05, 4.69) is 72.0 Å². The second-order valence-electron chi connectivity index (χ2n) is 9.20. The molecule has 37 heavy (non-hydrogen) atoms. The van der Waals surface area contributed by atoms with E-state index in [9.17, 15) is 4.39 Å². The van der Waals surface area contributed by atoms with Crippen molar-refractivity contribution < 1.29 is 8.81 Å². The second-order valence-corrected chi connectivity index (χ2v) is 9.20. The first kappa shape index (κ1) is 21.4. The van der Waals surface area contributed by atoms with Gasteiger partial charge in [-0.05, 0) is 75.5 Å². The van der Waals surface area contributed by atoms with Gasteiger partial charge in [0.1, 0.15) is 17.0 Å². The number of halogens is 1. The van der Waals surface area contributed by atoms with E-state index in [1.807, 2.05) is 42.5 Å². The van der Waals surface area contributed by atoms with Crippen LogP contribution in [0.25, 0.3) is 55.0 Å². The molecule has 0 saturated heterocycles. The average Bonchev–Trinajstić information content (AvgIpc) is 3.32. The first-order valence-corrected chi connectivity index (χ1v) is 12.3. The Bertz CT molecular complexity index is 1910. The van der Waals surface area contributed by atoms with E-state index in [1.54, 1.807) is 12.1 Å². The maximum absolute atomic E-state index is 14.0. The van der Waals surface area contributed by atoms with E-state index in [0.717, 1.165) is 66.3 Å². The number of rotatable bonds is 4. The third kappa shape index (κ3) is 3.73. The van der Waals surface area contributed by atoms with Gasteiger partial charge in [0.05, 0.1) is 11.1 Å². The van der Waals surface area contributed by atoms with Crippen LogP contribution in [-0.4, -0.2) is 0 Å². The number of nitrogens with one attached hydrogen (secondary N) is 1. The molecule has 6 aromatic carbocycles. The summed E-state index contributed by atoms with van der Waals surface area (Å²) >= 11 is 0. The lowest BCUT2D eigenvalue weighted by Gasteiger charge is -2.14. The van der Waals surface area contributed by atoms with Crippen LogP contribution in [0.1, 0.15) is 0 Å². The molecule has 0 aliphatic carbocycles. The molecule has 0 unspecified atom stereocenters. The number of hydrogen-bond acceptors (Lipinski definition) is 2. The average molecular weight is 480 g/mol. The standard InChI is InChI=1S/C34H22FNO/c35-25-10-3-9-24(21-25)28-13-5-8-23-7-4-12-27(33(23)28)22-17-19-26(20-18-22)36-30-14-6-16-32-34(30)29-11-1-2-15-31(29)37-32/h1-21,36H. The molecule has 0 fully saturated rings. The van der Waals surface area contributed by atoms with Gasteiger partial charge in [-0.25, -0.2) is 4.39 Å². The van der Waals surface area contributed by atoms with Gasteiger partial charge in [-0.3, -0.25) is 0 Å². The fraction of sp³-hybridized carbons (Fsp3) is 0. The van der Waals surface area contributed by atoms with Crippen molar-refractivity contribution in [3.8, 4) is 22.3 Å². The van der Waals surface area contributed by atoms with E-state index in [0.29, 0.717) is 0 Å². The minimum atomic E-state index is -0.233. The number of para-hydroxylation sites is 1. The molecule has 7 rings (SSSR count). The second kappa shape index (κ2) is 8.65. The fourth-order valence-electron chi connectivity index (χ4n) is 5.25. The number of hydrogen-bond donors (Lipinski definition) is 1. The van der Waals surface area contributed by atoms with E-state index in [-0.39, 0.29) is 5.82 Å². The van der Waals surface area contributed by atoms with Gasteiger partial charge >= 0.3 is 0 Å². The highest BCUT2D eigenvalue weighted by atomic mass is 19.1. The summed E-state index contributed by atoms with van der Waals surface area (Å²) in [5.41, 5.74) is 7.86. The molecular formula is C34H22FNO. The smallest absolute Gasteiger partial charge is 0.137 e. The Morgan fingerprint density at radius 1 is 0.541 bits per heavy atom. The van der Waals surface area contributed by atoms with Crippen molar-refractivity contribution in [1.82, 2.24) is 0 Å². The van der Waals surface area contributed by atoms with Gasteiger partial charge in [0.15, 0.2) is 0 Å².